The molecule has 0 bridgehead atoms. The molecule has 2 aromatic rings. The molecule has 1 N–H and O–H groups in total. The maximum atomic E-state index is 10.2. The Morgan fingerprint density at radius 3 is 2.70 bits per heavy atom. The first kappa shape index (κ1) is 14.2. The third kappa shape index (κ3) is 3.42. The van der Waals surface area contributed by atoms with Crippen molar-refractivity contribution >= 4 is 0 Å². The summed E-state index contributed by atoms with van der Waals surface area (Å²) in [5.41, 5.74) is 1.33. The lowest BCUT2D eigenvalue weighted by molar-refractivity contribution is 0.156. The van der Waals surface area contributed by atoms with Crippen LogP contribution in [0.4, 0.5) is 0 Å². The highest BCUT2D eigenvalue weighted by atomic mass is 16.5. The Balaban J connectivity index is 2.07. The van der Waals surface area contributed by atoms with Gasteiger partial charge in [-0.15, -0.1) is 0 Å². The van der Waals surface area contributed by atoms with Gasteiger partial charge < -0.3 is 14.6 Å². The molecule has 2 aromatic heterocycles. The van der Waals surface area contributed by atoms with Gasteiger partial charge in [-0.1, -0.05) is 6.07 Å². The Hall–Kier alpha value is -2.21. The van der Waals surface area contributed by atoms with Crippen molar-refractivity contribution in [2.45, 2.75) is 18.9 Å². The Morgan fingerprint density at radius 2 is 2.05 bits per heavy atom. The lowest BCUT2D eigenvalue weighted by Crippen LogP contribution is -2.07. The SMILES string of the molecule is COc1cnc(C(O)CCc2ccccn2)c(OC)n1. The van der Waals surface area contributed by atoms with Crippen LogP contribution in [0, 0.1) is 0 Å². The van der Waals surface area contributed by atoms with Gasteiger partial charge in [-0.25, -0.2) is 4.98 Å². The van der Waals surface area contributed by atoms with E-state index in [1.165, 1.54) is 20.4 Å². The van der Waals surface area contributed by atoms with Crippen LogP contribution in [0.25, 0.3) is 0 Å². The van der Waals surface area contributed by atoms with E-state index in [0.717, 1.165) is 5.69 Å². The van der Waals surface area contributed by atoms with E-state index < -0.39 is 6.10 Å². The summed E-state index contributed by atoms with van der Waals surface area (Å²) < 4.78 is 10.1. The van der Waals surface area contributed by atoms with E-state index in [2.05, 4.69) is 15.0 Å². The molecule has 0 aliphatic carbocycles. The third-order valence-corrected chi connectivity index (χ3v) is 2.86. The molecule has 6 heteroatoms. The molecule has 0 aliphatic heterocycles. The highest BCUT2D eigenvalue weighted by molar-refractivity contribution is 5.24. The van der Waals surface area contributed by atoms with Gasteiger partial charge in [-0.2, -0.15) is 4.98 Å². The molecule has 0 saturated carbocycles. The van der Waals surface area contributed by atoms with Crippen molar-refractivity contribution in [3.63, 3.8) is 0 Å². The van der Waals surface area contributed by atoms with Crippen LogP contribution in [0.5, 0.6) is 11.8 Å². The monoisotopic (exact) mass is 275 g/mol. The van der Waals surface area contributed by atoms with E-state index in [1.807, 2.05) is 18.2 Å². The summed E-state index contributed by atoms with van der Waals surface area (Å²) in [5, 5.41) is 10.2. The molecule has 106 valence electrons. The van der Waals surface area contributed by atoms with Crippen LogP contribution in [0.2, 0.25) is 0 Å². The summed E-state index contributed by atoms with van der Waals surface area (Å²) in [6.07, 6.45) is 3.58. The number of hydrogen-bond acceptors (Lipinski definition) is 6. The predicted octanol–water partition coefficient (Wildman–Crippen LogP) is 1.55. The minimum Gasteiger partial charge on any atom is -0.480 e. The second-order valence-electron chi connectivity index (χ2n) is 4.18. The standard InChI is InChI=1S/C14H17N3O3/c1-19-12-9-16-13(14(17-12)20-2)11(18)7-6-10-5-3-4-8-15-10/h3-5,8-9,11,18H,6-7H2,1-2H3. The van der Waals surface area contributed by atoms with Crippen LogP contribution in [0.3, 0.4) is 0 Å². The van der Waals surface area contributed by atoms with Crippen molar-refractivity contribution in [2.24, 2.45) is 0 Å². The Bertz CT molecular complexity index is 549. The number of nitrogens with zero attached hydrogens (tertiary/aromatic N) is 3. The number of hydrogen-bond donors (Lipinski definition) is 1. The zero-order valence-electron chi connectivity index (χ0n) is 11.5. The molecule has 6 nitrogen and oxygen atoms in total. The van der Waals surface area contributed by atoms with E-state index >= 15 is 0 Å². The molecule has 1 atom stereocenters. The summed E-state index contributed by atoms with van der Waals surface area (Å²) in [4.78, 5) is 12.5. The molecule has 1 unspecified atom stereocenters. The van der Waals surface area contributed by atoms with Crippen LogP contribution >= 0.6 is 0 Å². The summed E-state index contributed by atoms with van der Waals surface area (Å²) in [6, 6.07) is 5.70. The maximum Gasteiger partial charge on any atom is 0.241 e. The summed E-state index contributed by atoms with van der Waals surface area (Å²) in [6.45, 7) is 0. The zero-order valence-corrected chi connectivity index (χ0v) is 11.5. The summed E-state index contributed by atoms with van der Waals surface area (Å²) in [5.74, 6) is 0.625. The highest BCUT2D eigenvalue weighted by Crippen LogP contribution is 2.25. The first-order valence-electron chi connectivity index (χ1n) is 6.27. The zero-order chi connectivity index (χ0) is 14.4. The van der Waals surface area contributed by atoms with E-state index in [9.17, 15) is 5.11 Å². The summed E-state index contributed by atoms with van der Waals surface area (Å²) >= 11 is 0. The topological polar surface area (TPSA) is 77.4 Å². The third-order valence-electron chi connectivity index (χ3n) is 2.86. The van der Waals surface area contributed by atoms with E-state index in [4.69, 9.17) is 9.47 Å². The average molecular weight is 275 g/mol. The normalized spacial score (nSPS) is 11.9. The Kier molecular flexibility index (Phi) is 4.84. The number of aliphatic hydroxyl groups is 1. The van der Waals surface area contributed by atoms with Crippen LogP contribution in [0.1, 0.15) is 23.9 Å². The van der Waals surface area contributed by atoms with Crippen molar-refractivity contribution in [2.75, 3.05) is 14.2 Å². The second kappa shape index (κ2) is 6.81. The number of ether oxygens (including phenoxy) is 2. The maximum absolute atomic E-state index is 10.2. The molecular formula is C14H17N3O3. The van der Waals surface area contributed by atoms with Gasteiger partial charge in [0.25, 0.3) is 0 Å². The van der Waals surface area contributed by atoms with E-state index in [0.29, 0.717) is 24.4 Å². The van der Waals surface area contributed by atoms with Gasteiger partial charge in [0.2, 0.25) is 11.8 Å². The molecule has 0 saturated heterocycles. The quantitative estimate of drug-likeness (QED) is 0.862. The van der Waals surface area contributed by atoms with Crippen molar-refractivity contribution in [1.29, 1.82) is 0 Å². The first-order chi connectivity index (χ1) is 9.74. The lowest BCUT2D eigenvalue weighted by Gasteiger charge is -2.13. The fourth-order valence-corrected chi connectivity index (χ4v) is 1.81. The van der Waals surface area contributed by atoms with Crippen LogP contribution in [0.15, 0.2) is 30.6 Å². The highest BCUT2D eigenvalue weighted by Gasteiger charge is 2.17. The van der Waals surface area contributed by atoms with Crippen LogP contribution in [-0.4, -0.2) is 34.3 Å². The lowest BCUT2D eigenvalue weighted by atomic mass is 10.1. The summed E-state index contributed by atoms with van der Waals surface area (Å²) in [7, 11) is 2.99. The van der Waals surface area contributed by atoms with E-state index in [-0.39, 0.29) is 5.88 Å². The number of methoxy groups -OCH3 is 2. The van der Waals surface area contributed by atoms with Crippen LogP contribution < -0.4 is 9.47 Å². The average Bonchev–Trinajstić information content (AvgIpc) is 2.52. The van der Waals surface area contributed by atoms with Crippen molar-refractivity contribution in [3.8, 4) is 11.8 Å². The van der Waals surface area contributed by atoms with Gasteiger partial charge in [-0.3, -0.25) is 4.98 Å². The van der Waals surface area contributed by atoms with Crippen molar-refractivity contribution in [3.05, 3.63) is 42.0 Å². The number of pyridine rings is 1. The molecule has 2 rings (SSSR count). The molecule has 0 fully saturated rings. The van der Waals surface area contributed by atoms with Gasteiger partial charge >= 0.3 is 0 Å². The van der Waals surface area contributed by atoms with Gasteiger partial charge in [0, 0.05) is 11.9 Å². The van der Waals surface area contributed by atoms with Crippen LogP contribution in [-0.2, 0) is 6.42 Å². The molecule has 0 aromatic carbocycles. The Labute approximate surface area is 117 Å². The molecule has 0 radical (unpaired) electrons. The predicted molar refractivity (Wildman–Crippen MR) is 72.7 cm³/mol. The molecule has 2 heterocycles. The van der Waals surface area contributed by atoms with Gasteiger partial charge in [0.15, 0.2) is 0 Å². The van der Waals surface area contributed by atoms with Gasteiger partial charge in [-0.05, 0) is 25.0 Å². The van der Waals surface area contributed by atoms with E-state index in [1.54, 1.807) is 6.20 Å². The van der Waals surface area contributed by atoms with Crippen molar-refractivity contribution < 1.29 is 14.6 Å². The number of aryl methyl sites for hydroxylation is 1. The molecule has 0 aliphatic rings. The number of rotatable bonds is 6. The van der Waals surface area contributed by atoms with Gasteiger partial charge in [0.1, 0.15) is 11.8 Å². The minimum atomic E-state index is -0.759. The number of aromatic nitrogens is 3. The smallest absolute Gasteiger partial charge is 0.241 e. The first-order valence-corrected chi connectivity index (χ1v) is 6.27. The minimum absolute atomic E-state index is 0.276. The molecule has 20 heavy (non-hydrogen) atoms. The second-order valence-corrected chi connectivity index (χ2v) is 4.18. The Morgan fingerprint density at radius 1 is 1.20 bits per heavy atom. The fourth-order valence-electron chi connectivity index (χ4n) is 1.81. The van der Waals surface area contributed by atoms with Gasteiger partial charge in [0.05, 0.1) is 20.4 Å². The fraction of sp³-hybridized carbons (Fsp3) is 0.357. The number of aliphatic hydroxyl groups excluding tert-OH is 1. The molecule has 0 amide bonds. The molecule has 0 spiro atoms. The largest absolute Gasteiger partial charge is 0.480 e. The molecular weight excluding hydrogens is 258 g/mol. The van der Waals surface area contributed by atoms with Crippen molar-refractivity contribution in [1.82, 2.24) is 15.0 Å².